The fraction of sp³-hybridized carbons (Fsp3) is 0.769. The standard InChI is InChI=1S/C13H22O3/c1-2-12(15)16-11-9-13(8-10-14)6-4-3-5-7-13/h2,14H,1,3-11H2. The Balaban J connectivity index is 2.37. The van der Waals surface area contributed by atoms with Crippen LogP contribution < -0.4 is 0 Å². The Bertz CT molecular complexity index is 224. The Morgan fingerprint density at radius 1 is 1.31 bits per heavy atom. The monoisotopic (exact) mass is 226 g/mol. The summed E-state index contributed by atoms with van der Waals surface area (Å²) in [6.45, 7) is 4.05. The van der Waals surface area contributed by atoms with Crippen LogP contribution in [0.15, 0.2) is 12.7 Å². The van der Waals surface area contributed by atoms with E-state index >= 15 is 0 Å². The molecule has 1 N–H and O–H groups in total. The van der Waals surface area contributed by atoms with Crippen molar-refractivity contribution in [3.63, 3.8) is 0 Å². The number of ether oxygens (including phenoxy) is 1. The van der Waals surface area contributed by atoms with E-state index in [1.165, 1.54) is 25.3 Å². The molecule has 16 heavy (non-hydrogen) atoms. The predicted octanol–water partition coefficient (Wildman–Crippen LogP) is 2.44. The zero-order valence-electron chi connectivity index (χ0n) is 9.91. The Morgan fingerprint density at radius 3 is 2.56 bits per heavy atom. The minimum absolute atomic E-state index is 0.203. The lowest BCUT2D eigenvalue weighted by atomic mass is 9.70. The normalized spacial score (nSPS) is 19.1. The van der Waals surface area contributed by atoms with E-state index in [0.29, 0.717) is 6.61 Å². The maximum absolute atomic E-state index is 10.9. The van der Waals surface area contributed by atoms with E-state index in [9.17, 15) is 4.79 Å². The quantitative estimate of drug-likeness (QED) is 0.559. The highest BCUT2D eigenvalue weighted by Gasteiger charge is 2.31. The average Bonchev–Trinajstić information content (AvgIpc) is 2.30. The van der Waals surface area contributed by atoms with Gasteiger partial charge in [-0.05, 0) is 31.1 Å². The van der Waals surface area contributed by atoms with Crippen LogP contribution in [-0.4, -0.2) is 24.3 Å². The maximum Gasteiger partial charge on any atom is 0.330 e. The van der Waals surface area contributed by atoms with Crippen molar-refractivity contribution < 1.29 is 14.6 Å². The number of aliphatic hydroxyl groups is 1. The van der Waals surface area contributed by atoms with Crippen LogP contribution in [0.2, 0.25) is 0 Å². The molecule has 3 nitrogen and oxygen atoms in total. The minimum Gasteiger partial charge on any atom is -0.463 e. The highest BCUT2D eigenvalue weighted by Crippen LogP contribution is 2.41. The molecule has 1 aliphatic carbocycles. The Morgan fingerprint density at radius 2 is 2.00 bits per heavy atom. The third kappa shape index (κ3) is 3.97. The van der Waals surface area contributed by atoms with Crippen molar-refractivity contribution in [2.24, 2.45) is 5.41 Å². The van der Waals surface area contributed by atoms with Gasteiger partial charge in [-0.1, -0.05) is 25.8 Å². The van der Waals surface area contributed by atoms with Gasteiger partial charge in [0.05, 0.1) is 6.61 Å². The van der Waals surface area contributed by atoms with Crippen LogP contribution in [0.25, 0.3) is 0 Å². The molecule has 1 aliphatic rings. The lowest BCUT2D eigenvalue weighted by Crippen LogP contribution is -2.27. The number of rotatable bonds is 6. The van der Waals surface area contributed by atoms with Crippen LogP contribution in [0.4, 0.5) is 0 Å². The summed E-state index contributed by atoms with van der Waals surface area (Å²) in [5, 5.41) is 9.11. The highest BCUT2D eigenvalue weighted by molar-refractivity contribution is 5.81. The van der Waals surface area contributed by atoms with Crippen LogP contribution in [0.1, 0.15) is 44.9 Å². The van der Waals surface area contributed by atoms with Crippen LogP contribution in [0.5, 0.6) is 0 Å². The molecule has 0 aromatic carbocycles. The number of hydrogen-bond donors (Lipinski definition) is 1. The summed E-state index contributed by atoms with van der Waals surface area (Å²) >= 11 is 0. The largest absolute Gasteiger partial charge is 0.463 e. The molecule has 1 fully saturated rings. The Hall–Kier alpha value is -0.830. The molecular weight excluding hydrogens is 204 g/mol. The summed E-state index contributed by atoms with van der Waals surface area (Å²) in [6, 6.07) is 0. The molecule has 0 heterocycles. The first-order valence-electron chi connectivity index (χ1n) is 6.12. The summed E-state index contributed by atoms with van der Waals surface area (Å²) < 4.78 is 5.03. The number of esters is 1. The van der Waals surface area contributed by atoms with Crippen molar-refractivity contribution in [1.29, 1.82) is 0 Å². The van der Waals surface area contributed by atoms with E-state index in [1.54, 1.807) is 0 Å². The summed E-state index contributed by atoms with van der Waals surface area (Å²) in [5.74, 6) is -0.352. The van der Waals surface area contributed by atoms with Crippen molar-refractivity contribution in [3.8, 4) is 0 Å². The first-order valence-corrected chi connectivity index (χ1v) is 6.12. The van der Waals surface area contributed by atoms with Crippen molar-refractivity contribution in [2.75, 3.05) is 13.2 Å². The van der Waals surface area contributed by atoms with Gasteiger partial charge in [0.2, 0.25) is 0 Å². The van der Waals surface area contributed by atoms with Gasteiger partial charge in [0.25, 0.3) is 0 Å². The molecular formula is C13H22O3. The predicted molar refractivity (Wildman–Crippen MR) is 63.0 cm³/mol. The summed E-state index contributed by atoms with van der Waals surface area (Å²) in [5.41, 5.74) is 0.203. The lowest BCUT2D eigenvalue weighted by molar-refractivity contribution is -0.138. The maximum atomic E-state index is 10.9. The summed E-state index contributed by atoms with van der Waals surface area (Å²) in [7, 11) is 0. The molecule has 0 aliphatic heterocycles. The van der Waals surface area contributed by atoms with E-state index in [4.69, 9.17) is 9.84 Å². The second kappa shape index (κ2) is 6.69. The second-order valence-corrected chi connectivity index (χ2v) is 4.66. The van der Waals surface area contributed by atoms with Gasteiger partial charge in [0.15, 0.2) is 0 Å². The van der Waals surface area contributed by atoms with Crippen LogP contribution in [-0.2, 0) is 9.53 Å². The number of carbonyl (C=O) groups is 1. The first-order chi connectivity index (χ1) is 7.72. The van der Waals surface area contributed by atoms with Gasteiger partial charge in [0, 0.05) is 12.7 Å². The van der Waals surface area contributed by atoms with Crippen LogP contribution in [0, 0.1) is 5.41 Å². The first kappa shape index (κ1) is 13.2. The van der Waals surface area contributed by atoms with E-state index in [2.05, 4.69) is 6.58 Å². The van der Waals surface area contributed by atoms with Gasteiger partial charge >= 0.3 is 5.97 Å². The molecule has 0 bridgehead atoms. The molecule has 0 spiro atoms. The number of hydrogen-bond acceptors (Lipinski definition) is 3. The molecule has 1 saturated carbocycles. The van der Waals surface area contributed by atoms with Gasteiger partial charge < -0.3 is 9.84 Å². The molecule has 0 aromatic heterocycles. The van der Waals surface area contributed by atoms with Crippen molar-refractivity contribution in [3.05, 3.63) is 12.7 Å². The zero-order chi connectivity index (χ0) is 11.9. The van der Waals surface area contributed by atoms with Gasteiger partial charge in [-0.2, -0.15) is 0 Å². The topological polar surface area (TPSA) is 46.5 Å². The third-order valence-electron chi connectivity index (χ3n) is 3.60. The van der Waals surface area contributed by atoms with Crippen LogP contribution >= 0.6 is 0 Å². The number of aliphatic hydroxyl groups excluding tert-OH is 1. The number of carbonyl (C=O) groups excluding carboxylic acids is 1. The molecule has 0 radical (unpaired) electrons. The van der Waals surface area contributed by atoms with Crippen molar-refractivity contribution in [1.82, 2.24) is 0 Å². The fourth-order valence-electron chi connectivity index (χ4n) is 2.59. The molecule has 0 unspecified atom stereocenters. The SMILES string of the molecule is C=CC(=O)OCCC1(CCO)CCCCC1. The Kier molecular flexibility index (Phi) is 5.53. The van der Waals surface area contributed by atoms with E-state index < -0.39 is 0 Å². The highest BCUT2D eigenvalue weighted by atomic mass is 16.5. The molecule has 92 valence electrons. The minimum atomic E-state index is -0.352. The van der Waals surface area contributed by atoms with Crippen LogP contribution in [0.3, 0.4) is 0 Å². The van der Waals surface area contributed by atoms with E-state index in [0.717, 1.165) is 25.7 Å². The smallest absolute Gasteiger partial charge is 0.330 e. The van der Waals surface area contributed by atoms with Crippen molar-refractivity contribution >= 4 is 5.97 Å². The Labute approximate surface area is 97.5 Å². The molecule has 0 saturated heterocycles. The van der Waals surface area contributed by atoms with Gasteiger partial charge in [-0.3, -0.25) is 0 Å². The molecule has 0 atom stereocenters. The lowest BCUT2D eigenvalue weighted by Gasteiger charge is -2.36. The molecule has 0 aromatic rings. The summed E-state index contributed by atoms with van der Waals surface area (Å²) in [6.07, 6.45) is 8.95. The molecule has 0 amide bonds. The van der Waals surface area contributed by atoms with Crippen molar-refractivity contribution in [2.45, 2.75) is 44.9 Å². The van der Waals surface area contributed by atoms with E-state index in [1.807, 2.05) is 0 Å². The average molecular weight is 226 g/mol. The fourth-order valence-corrected chi connectivity index (χ4v) is 2.59. The van der Waals surface area contributed by atoms with Gasteiger partial charge in [-0.25, -0.2) is 4.79 Å². The second-order valence-electron chi connectivity index (χ2n) is 4.66. The molecule has 1 rings (SSSR count). The van der Waals surface area contributed by atoms with E-state index in [-0.39, 0.29) is 18.0 Å². The molecule has 3 heteroatoms. The summed E-state index contributed by atoms with van der Waals surface area (Å²) in [4.78, 5) is 10.9. The van der Waals surface area contributed by atoms with Gasteiger partial charge in [0.1, 0.15) is 0 Å². The third-order valence-corrected chi connectivity index (χ3v) is 3.60. The van der Waals surface area contributed by atoms with Gasteiger partial charge in [-0.15, -0.1) is 0 Å². The zero-order valence-corrected chi connectivity index (χ0v) is 9.91.